The number of ether oxygens (including phenoxy) is 1. The van der Waals surface area contributed by atoms with Gasteiger partial charge in [0.05, 0.1) is 5.69 Å². The number of nitrogens with zero attached hydrogens (tertiary/aromatic N) is 2. The largest absolute Gasteiger partial charge is 0.370 e. The molecule has 0 bridgehead atoms. The van der Waals surface area contributed by atoms with Gasteiger partial charge in [-0.2, -0.15) is 0 Å². The molecule has 1 unspecified atom stereocenters. The molecule has 1 aromatic carbocycles. The van der Waals surface area contributed by atoms with Gasteiger partial charge in [-0.25, -0.2) is 0 Å². The van der Waals surface area contributed by atoms with Crippen LogP contribution in [0.1, 0.15) is 38.8 Å². The summed E-state index contributed by atoms with van der Waals surface area (Å²) >= 11 is 0. The van der Waals surface area contributed by atoms with Gasteiger partial charge in [-0.15, -0.1) is 0 Å². The Labute approximate surface area is 149 Å². The molecule has 2 N–H and O–H groups in total. The van der Waals surface area contributed by atoms with E-state index in [2.05, 4.69) is 17.0 Å². The van der Waals surface area contributed by atoms with Crippen molar-refractivity contribution in [2.24, 2.45) is 11.1 Å². The average molecular weight is 341 g/mol. The number of fused-ring (bicyclic) bond motifs is 1. The van der Waals surface area contributed by atoms with Crippen molar-refractivity contribution in [3.63, 3.8) is 0 Å². The Morgan fingerprint density at radius 1 is 1.24 bits per heavy atom. The average Bonchev–Trinajstić information content (AvgIpc) is 3.09. The molecule has 134 valence electrons. The molecule has 25 heavy (non-hydrogen) atoms. The van der Waals surface area contributed by atoms with E-state index < -0.39 is 11.1 Å². The highest BCUT2D eigenvalue weighted by Crippen LogP contribution is 2.49. The van der Waals surface area contributed by atoms with Crippen LogP contribution in [0, 0.1) is 5.41 Å². The standard InChI is InChI=1S/C20H27N3O2/c1-19(2,14-17(21)24)20(25-3,23-12-6-7-13-23)18-16-9-5-4-8-15(16)10-11-22-18/h4-5,8-11H,6-7,12-14H2,1-3H3,(H2,21,24). The van der Waals surface area contributed by atoms with E-state index in [9.17, 15) is 4.79 Å². The highest BCUT2D eigenvalue weighted by atomic mass is 16.5. The van der Waals surface area contributed by atoms with Gasteiger partial charge in [-0.05, 0) is 24.3 Å². The molecule has 0 saturated carbocycles. The maximum Gasteiger partial charge on any atom is 0.218 e. The third-order valence-electron chi connectivity index (χ3n) is 5.37. The Kier molecular flexibility index (Phi) is 4.80. The van der Waals surface area contributed by atoms with Crippen molar-refractivity contribution in [3.8, 4) is 0 Å². The lowest BCUT2D eigenvalue weighted by molar-refractivity contribution is -0.211. The lowest BCUT2D eigenvalue weighted by Gasteiger charge is -2.50. The molecular formula is C20H27N3O2. The number of nitrogens with two attached hydrogens (primary N) is 1. The molecule has 1 amide bonds. The molecule has 0 aliphatic carbocycles. The maximum absolute atomic E-state index is 11.8. The summed E-state index contributed by atoms with van der Waals surface area (Å²) in [6.07, 6.45) is 4.27. The highest BCUT2D eigenvalue weighted by molar-refractivity contribution is 5.85. The van der Waals surface area contributed by atoms with Gasteiger partial charge in [0.2, 0.25) is 5.91 Å². The van der Waals surface area contributed by atoms with Gasteiger partial charge < -0.3 is 10.5 Å². The van der Waals surface area contributed by atoms with Crippen LogP contribution in [0.2, 0.25) is 0 Å². The number of benzene rings is 1. The minimum Gasteiger partial charge on any atom is -0.370 e. The van der Waals surface area contributed by atoms with Gasteiger partial charge in [0, 0.05) is 43.6 Å². The number of amides is 1. The van der Waals surface area contributed by atoms with Crippen LogP contribution in [0.3, 0.4) is 0 Å². The normalized spacial score (nSPS) is 18.4. The van der Waals surface area contributed by atoms with Crippen LogP contribution >= 0.6 is 0 Å². The fourth-order valence-electron chi connectivity index (χ4n) is 4.38. The van der Waals surface area contributed by atoms with Gasteiger partial charge in [0.1, 0.15) is 0 Å². The summed E-state index contributed by atoms with van der Waals surface area (Å²) in [6, 6.07) is 10.2. The first kappa shape index (κ1) is 17.8. The van der Waals surface area contributed by atoms with E-state index in [1.807, 2.05) is 38.2 Å². The third-order valence-corrected chi connectivity index (χ3v) is 5.37. The van der Waals surface area contributed by atoms with Crippen molar-refractivity contribution in [3.05, 3.63) is 42.2 Å². The maximum atomic E-state index is 11.8. The summed E-state index contributed by atoms with van der Waals surface area (Å²) in [5.74, 6) is -0.328. The number of carbonyl (C=O) groups is 1. The van der Waals surface area contributed by atoms with E-state index in [0.717, 1.165) is 42.4 Å². The summed E-state index contributed by atoms with van der Waals surface area (Å²) in [5.41, 5.74) is 5.11. The number of rotatable bonds is 6. The molecule has 5 nitrogen and oxygen atoms in total. The first-order valence-electron chi connectivity index (χ1n) is 8.85. The predicted molar refractivity (Wildman–Crippen MR) is 98.8 cm³/mol. The zero-order valence-corrected chi connectivity index (χ0v) is 15.3. The van der Waals surface area contributed by atoms with Crippen LogP contribution in [-0.2, 0) is 15.3 Å². The van der Waals surface area contributed by atoms with Crippen LogP contribution in [0.5, 0.6) is 0 Å². The molecule has 5 heteroatoms. The van der Waals surface area contributed by atoms with Gasteiger partial charge in [0.15, 0.2) is 5.72 Å². The zero-order valence-electron chi connectivity index (χ0n) is 15.3. The van der Waals surface area contributed by atoms with Crippen molar-refractivity contribution in [2.45, 2.75) is 38.8 Å². The first-order chi connectivity index (χ1) is 11.9. The summed E-state index contributed by atoms with van der Waals surface area (Å²) in [7, 11) is 1.71. The summed E-state index contributed by atoms with van der Waals surface area (Å²) in [6.45, 7) is 5.92. The number of aromatic nitrogens is 1. The van der Waals surface area contributed by atoms with Crippen LogP contribution in [0.15, 0.2) is 36.5 Å². The van der Waals surface area contributed by atoms with Crippen LogP contribution in [-0.4, -0.2) is 36.0 Å². The molecule has 2 aromatic rings. The van der Waals surface area contributed by atoms with E-state index in [1.165, 1.54) is 0 Å². The smallest absolute Gasteiger partial charge is 0.218 e. The molecular weight excluding hydrogens is 314 g/mol. The highest BCUT2D eigenvalue weighted by Gasteiger charge is 2.54. The lowest BCUT2D eigenvalue weighted by Crippen LogP contribution is -2.57. The topological polar surface area (TPSA) is 68.4 Å². The number of pyridine rings is 1. The van der Waals surface area contributed by atoms with Crippen LogP contribution in [0.4, 0.5) is 0 Å². The second-order valence-corrected chi connectivity index (χ2v) is 7.45. The van der Waals surface area contributed by atoms with Crippen molar-refractivity contribution in [2.75, 3.05) is 20.2 Å². The van der Waals surface area contributed by atoms with E-state index in [0.29, 0.717) is 0 Å². The molecule has 1 aliphatic rings. The molecule has 0 spiro atoms. The molecule has 3 rings (SSSR count). The number of hydrogen-bond acceptors (Lipinski definition) is 4. The van der Waals surface area contributed by atoms with Gasteiger partial charge in [0.25, 0.3) is 0 Å². The summed E-state index contributed by atoms with van der Waals surface area (Å²) in [4.78, 5) is 18.9. The van der Waals surface area contributed by atoms with E-state index in [1.54, 1.807) is 7.11 Å². The minimum atomic E-state index is -0.806. The fourth-order valence-corrected chi connectivity index (χ4v) is 4.38. The molecule has 2 heterocycles. The van der Waals surface area contributed by atoms with Gasteiger partial charge in [-0.3, -0.25) is 14.7 Å². The van der Waals surface area contributed by atoms with Gasteiger partial charge >= 0.3 is 0 Å². The second kappa shape index (κ2) is 6.73. The van der Waals surface area contributed by atoms with E-state index >= 15 is 0 Å². The lowest BCUT2D eigenvalue weighted by atomic mass is 9.73. The Morgan fingerprint density at radius 2 is 1.92 bits per heavy atom. The Bertz CT molecular complexity index is 763. The SMILES string of the molecule is COC(c1nccc2ccccc12)(N1CCCC1)C(C)(C)CC(N)=O. The third kappa shape index (κ3) is 2.92. The van der Waals surface area contributed by atoms with E-state index in [-0.39, 0.29) is 12.3 Å². The van der Waals surface area contributed by atoms with Gasteiger partial charge in [-0.1, -0.05) is 38.1 Å². The monoisotopic (exact) mass is 341 g/mol. The van der Waals surface area contributed by atoms with Crippen molar-refractivity contribution < 1.29 is 9.53 Å². The van der Waals surface area contributed by atoms with E-state index in [4.69, 9.17) is 15.5 Å². The second-order valence-electron chi connectivity index (χ2n) is 7.45. The number of methoxy groups -OCH3 is 1. The fraction of sp³-hybridized carbons (Fsp3) is 0.500. The van der Waals surface area contributed by atoms with Crippen molar-refractivity contribution in [1.82, 2.24) is 9.88 Å². The Balaban J connectivity index is 2.27. The number of primary amides is 1. The minimum absolute atomic E-state index is 0.224. The first-order valence-corrected chi connectivity index (χ1v) is 8.85. The number of hydrogen-bond donors (Lipinski definition) is 1. The van der Waals surface area contributed by atoms with Crippen LogP contribution in [0.25, 0.3) is 10.8 Å². The van der Waals surface area contributed by atoms with Crippen molar-refractivity contribution in [1.29, 1.82) is 0 Å². The molecule has 1 aromatic heterocycles. The Hall–Kier alpha value is -1.98. The van der Waals surface area contributed by atoms with Crippen molar-refractivity contribution >= 4 is 16.7 Å². The zero-order chi connectivity index (χ0) is 18.1. The molecule has 0 radical (unpaired) electrons. The summed E-state index contributed by atoms with van der Waals surface area (Å²) < 4.78 is 6.24. The molecule has 1 atom stereocenters. The summed E-state index contributed by atoms with van der Waals surface area (Å²) in [5, 5.41) is 2.17. The van der Waals surface area contributed by atoms with Crippen LogP contribution < -0.4 is 5.73 Å². The number of carbonyl (C=O) groups excluding carboxylic acids is 1. The number of likely N-dealkylation sites (tertiary alicyclic amines) is 1. The Morgan fingerprint density at radius 3 is 2.56 bits per heavy atom. The molecule has 1 saturated heterocycles. The molecule has 1 aliphatic heterocycles. The predicted octanol–water partition coefficient (Wildman–Crippen LogP) is 3.03. The quantitative estimate of drug-likeness (QED) is 0.877. The molecule has 1 fully saturated rings.